The molecule has 0 amide bonds. The number of aromatic nitrogens is 3. The van der Waals surface area contributed by atoms with Gasteiger partial charge in [-0.05, 0) is 44.2 Å². The van der Waals surface area contributed by atoms with E-state index in [1.807, 2.05) is 12.3 Å². The number of nitrogens with one attached hydrogen (secondary N) is 1. The smallest absolute Gasteiger partial charge is 0.165 e. The van der Waals surface area contributed by atoms with Crippen molar-refractivity contribution in [3.8, 4) is 16.9 Å². The molecular formula is C23H31FN6O. The molecule has 3 heterocycles. The Balaban J connectivity index is 1.44. The highest BCUT2D eigenvalue weighted by molar-refractivity contribution is 5.78. The first kappa shape index (κ1) is 21.5. The molecule has 0 bridgehead atoms. The third-order valence-electron chi connectivity index (χ3n) is 5.93. The number of halogens is 1. The Labute approximate surface area is 182 Å². The number of anilines is 1. The van der Waals surface area contributed by atoms with E-state index in [1.165, 1.54) is 19.0 Å². The molecule has 0 radical (unpaired) electrons. The summed E-state index contributed by atoms with van der Waals surface area (Å²) in [4.78, 5) is 9.77. The second kappa shape index (κ2) is 9.62. The zero-order valence-electron chi connectivity index (χ0n) is 18.5. The Kier molecular flexibility index (Phi) is 6.67. The Morgan fingerprint density at radius 3 is 2.84 bits per heavy atom. The highest BCUT2D eigenvalue weighted by atomic mass is 19.1. The first-order chi connectivity index (χ1) is 15.1. The summed E-state index contributed by atoms with van der Waals surface area (Å²) in [5, 5.41) is 7.75. The van der Waals surface area contributed by atoms with E-state index in [4.69, 9.17) is 9.72 Å². The zero-order chi connectivity index (χ0) is 21.8. The Morgan fingerprint density at radius 1 is 1.19 bits per heavy atom. The van der Waals surface area contributed by atoms with Crippen LogP contribution in [-0.4, -0.2) is 76.8 Å². The molecule has 1 aromatic carbocycles. The normalized spacial score (nSPS) is 17.9. The van der Waals surface area contributed by atoms with E-state index in [9.17, 15) is 4.39 Å². The number of hydrogen-bond donors (Lipinski definition) is 1. The van der Waals surface area contributed by atoms with Gasteiger partial charge in [-0.1, -0.05) is 6.92 Å². The van der Waals surface area contributed by atoms with Gasteiger partial charge in [-0.25, -0.2) is 13.9 Å². The second-order valence-electron chi connectivity index (χ2n) is 8.10. The lowest BCUT2D eigenvalue weighted by Gasteiger charge is -2.39. The lowest BCUT2D eigenvalue weighted by Crippen LogP contribution is -2.52. The van der Waals surface area contributed by atoms with Crippen LogP contribution in [0.5, 0.6) is 5.75 Å². The van der Waals surface area contributed by atoms with E-state index < -0.39 is 0 Å². The van der Waals surface area contributed by atoms with E-state index in [1.54, 1.807) is 30.0 Å². The van der Waals surface area contributed by atoms with E-state index in [-0.39, 0.29) is 5.82 Å². The van der Waals surface area contributed by atoms with Gasteiger partial charge in [-0.2, -0.15) is 5.10 Å². The van der Waals surface area contributed by atoms with Crippen molar-refractivity contribution < 1.29 is 9.13 Å². The molecule has 0 unspecified atom stereocenters. The minimum absolute atomic E-state index is 0.327. The van der Waals surface area contributed by atoms with E-state index in [2.05, 4.69) is 34.1 Å². The van der Waals surface area contributed by atoms with Crippen molar-refractivity contribution >= 4 is 11.5 Å². The topological polar surface area (TPSA) is 57.9 Å². The number of nitrogens with zero attached hydrogens (tertiary/aromatic N) is 5. The van der Waals surface area contributed by atoms with Crippen molar-refractivity contribution in [3.05, 3.63) is 42.5 Å². The SMILES string of the molecule is CCCN1CCN(CCNc2ccn3ncc(-c4cc(OC)ccc4F)c3n2)[C@H](C)C1. The van der Waals surface area contributed by atoms with E-state index in [0.29, 0.717) is 28.6 Å². The Morgan fingerprint density at radius 2 is 2.06 bits per heavy atom. The summed E-state index contributed by atoms with van der Waals surface area (Å²) < 4.78 is 21.4. The van der Waals surface area contributed by atoms with Crippen molar-refractivity contribution in [2.75, 3.05) is 51.7 Å². The Hall–Kier alpha value is -2.71. The molecule has 1 N–H and O–H groups in total. The van der Waals surface area contributed by atoms with Crippen LogP contribution in [0.15, 0.2) is 36.7 Å². The maximum atomic E-state index is 14.5. The Bertz CT molecular complexity index is 1020. The summed E-state index contributed by atoms with van der Waals surface area (Å²) in [6, 6.07) is 7.13. The highest BCUT2D eigenvalue weighted by Crippen LogP contribution is 2.29. The van der Waals surface area contributed by atoms with Gasteiger partial charge in [-0.15, -0.1) is 0 Å². The minimum Gasteiger partial charge on any atom is -0.497 e. The van der Waals surface area contributed by atoms with Crippen LogP contribution in [0, 0.1) is 5.82 Å². The monoisotopic (exact) mass is 426 g/mol. The first-order valence-electron chi connectivity index (χ1n) is 11.0. The van der Waals surface area contributed by atoms with Gasteiger partial charge < -0.3 is 15.0 Å². The first-order valence-corrected chi connectivity index (χ1v) is 11.0. The largest absolute Gasteiger partial charge is 0.497 e. The molecule has 2 aromatic heterocycles. The lowest BCUT2D eigenvalue weighted by molar-refractivity contribution is 0.0871. The number of piperazine rings is 1. The van der Waals surface area contributed by atoms with Crippen LogP contribution in [0.2, 0.25) is 0 Å². The molecular weight excluding hydrogens is 395 g/mol. The summed E-state index contributed by atoms with van der Waals surface area (Å²) >= 11 is 0. The van der Waals surface area contributed by atoms with Crippen molar-refractivity contribution in [3.63, 3.8) is 0 Å². The van der Waals surface area contributed by atoms with Crippen LogP contribution in [0.4, 0.5) is 10.2 Å². The van der Waals surface area contributed by atoms with Crippen LogP contribution >= 0.6 is 0 Å². The molecule has 0 spiro atoms. The maximum absolute atomic E-state index is 14.5. The molecule has 0 saturated carbocycles. The van der Waals surface area contributed by atoms with Crippen LogP contribution in [0.3, 0.4) is 0 Å². The number of ether oxygens (including phenoxy) is 1. The van der Waals surface area contributed by atoms with Gasteiger partial charge in [0.1, 0.15) is 17.4 Å². The van der Waals surface area contributed by atoms with Gasteiger partial charge in [0.25, 0.3) is 0 Å². The summed E-state index contributed by atoms with van der Waals surface area (Å²) in [5.74, 6) is 1.03. The van der Waals surface area contributed by atoms with Crippen LogP contribution < -0.4 is 10.1 Å². The number of methoxy groups -OCH3 is 1. The predicted molar refractivity (Wildman–Crippen MR) is 121 cm³/mol. The summed E-state index contributed by atoms with van der Waals surface area (Å²) in [6.07, 6.45) is 4.69. The summed E-state index contributed by atoms with van der Waals surface area (Å²) in [7, 11) is 1.57. The number of rotatable bonds is 8. The quantitative estimate of drug-likeness (QED) is 0.596. The number of hydrogen-bond acceptors (Lipinski definition) is 6. The van der Waals surface area contributed by atoms with Crippen LogP contribution in [0.1, 0.15) is 20.3 Å². The van der Waals surface area contributed by atoms with Crippen molar-refractivity contribution in [2.24, 2.45) is 0 Å². The average molecular weight is 427 g/mol. The molecule has 1 atom stereocenters. The third kappa shape index (κ3) is 4.80. The average Bonchev–Trinajstić information content (AvgIpc) is 3.19. The molecule has 4 rings (SSSR count). The molecule has 1 aliphatic heterocycles. The molecule has 166 valence electrons. The van der Waals surface area contributed by atoms with Gasteiger partial charge in [0, 0.05) is 56.1 Å². The van der Waals surface area contributed by atoms with Gasteiger partial charge in [0.2, 0.25) is 0 Å². The number of benzene rings is 1. The van der Waals surface area contributed by atoms with Crippen molar-refractivity contribution in [2.45, 2.75) is 26.3 Å². The lowest BCUT2D eigenvalue weighted by atomic mass is 10.1. The third-order valence-corrected chi connectivity index (χ3v) is 5.93. The van der Waals surface area contributed by atoms with Crippen molar-refractivity contribution in [1.29, 1.82) is 0 Å². The van der Waals surface area contributed by atoms with Crippen LogP contribution in [-0.2, 0) is 0 Å². The van der Waals surface area contributed by atoms with E-state index >= 15 is 0 Å². The zero-order valence-corrected chi connectivity index (χ0v) is 18.5. The van der Waals surface area contributed by atoms with Gasteiger partial charge in [-0.3, -0.25) is 4.90 Å². The van der Waals surface area contributed by atoms with Gasteiger partial charge in [0.15, 0.2) is 5.65 Å². The van der Waals surface area contributed by atoms with Crippen molar-refractivity contribution in [1.82, 2.24) is 24.4 Å². The molecule has 3 aromatic rings. The molecule has 31 heavy (non-hydrogen) atoms. The highest BCUT2D eigenvalue weighted by Gasteiger charge is 2.22. The molecule has 8 heteroatoms. The maximum Gasteiger partial charge on any atom is 0.165 e. The molecule has 1 fully saturated rings. The van der Waals surface area contributed by atoms with Crippen LogP contribution in [0.25, 0.3) is 16.8 Å². The fourth-order valence-electron chi connectivity index (χ4n) is 4.24. The van der Waals surface area contributed by atoms with E-state index in [0.717, 1.165) is 38.5 Å². The fourth-order valence-corrected chi connectivity index (χ4v) is 4.24. The van der Waals surface area contributed by atoms with Gasteiger partial charge in [0.05, 0.1) is 13.3 Å². The summed E-state index contributed by atoms with van der Waals surface area (Å²) in [5.41, 5.74) is 1.68. The minimum atomic E-state index is -0.327. The molecule has 0 aliphatic carbocycles. The number of fused-ring (bicyclic) bond motifs is 1. The predicted octanol–water partition coefficient (Wildman–Crippen LogP) is 3.37. The molecule has 1 saturated heterocycles. The second-order valence-corrected chi connectivity index (χ2v) is 8.10. The fraction of sp³-hybridized carbons (Fsp3) is 0.478. The molecule has 7 nitrogen and oxygen atoms in total. The van der Waals surface area contributed by atoms with Gasteiger partial charge >= 0.3 is 0 Å². The standard InChI is InChI=1S/C23H31FN6O/c1-4-9-28-12-13-29(17(2)16-28)11-8-25-22-7-10-30-23(27-22)20(15-26-30)19-14-18(31-3)5-6-21(19)24/h5-7,10,14-15,17H,4,8-9,11-13,16H2,1-3H3,(H,25,27)/t17-/m1/s1. The summed E-state index contributed by atoms with van der Waals surface area (Å²) in [6.45, 7) is 10.8. The molecule has 1 aliphatic rings.